The van der Waals surface area contributed by atoms with Gasteiger partial charge in [-0.1, -0.05) is 0 Å². The lowest BCUT2D eigenvalue weighted by Gasteiger charge is -2.28. The number of aromatic nitrogens is 2. The number of thiophene rings is 1. The monoisotopic (exact) mass is 277 g/mol. The molecule has 0 aliphatic carbocycles. The van der Waals surface area contributed by atoms with E-state index in [1.54, 1.807) is 11.3 Å². The molecular weight excluding hydrogens is 258 g/mol. The van der Waals surface area contributed by atoms with Gasteiger partial charge in [0.05, 0.1) is 18.7 Å². The van der Waals surface area contributed by atoms with Crippen molar-refractivity contribution in [2.24, 2.45) is 0 Å². The summed E-state index contributed by atoms with van der Waals surface area (Å²) in [5, 5.41) is 15.3. The van der Waals surface area contributed by atoms with E-state index in [4.69, 9.17) is 0 Å². The van der Waals surface area contributed by atoms with Gasteiger partial charge in [-0.2, -0.15) is 0 Å². The molecule has 4 nitrogen and oxygen atoms in total. The van der Waals surface area contributed by atoms with Crippen LogP contribution in [0.4, 0.5) is 0 Å². The lowest BCUT2D eigenvalue weighted by molar-refractivity contribution is 0.224. The standard InChI is InChI=1S/C14H19N3OS/c1-10-4-8-19-13(10)12(9-18)16-11-3-2-6-17-7-5-15-14(11)17/h4-5,7-8,11-12,16,18H,2-3,6,9H2,1H3. The third-order valence-corrected chi connectivity index (χ3v) is 4.89. The Hall–Kier alpha value is -1.17. The van der Waals surface area contributed by atoms with E-state index in [2.05, 4.69) is 33.2 Å². The first-order valence-corrected chi connectivity index (χ1v) is 7.59. The van der Waals surface area contributed by atoms with E-state index in [0.717, 1.165) is 25.2 Å². The van der Waals surface area contributed by atoms with E-state index < -0.39 is 0 Å². The number of rotatable bonds is 4. The van der Waals surface area contributed by atoms with Crippen LogP contribution >= 0.6 is 11.3 Å². The molecule has 0 radical (unpaired) electrons. The Labute approximate surface area is 117 Å². The van der Waals surface area contributed by atoms with E-state index >= 15 is 0 Å². The largest absolute Gasteiger partial charge is 0.394 e. The van der Waals surface area contributed by atoms with Crippen LogP contribution < -0.4 is 5.32 Å². The number of nitrogens with one attached hydrogen (secondary N) is 1. The number of hydrogen-bond donors (Lipinski definition) is 2. The average Bonchev–Trinajstić information content (AvgIpc) is 3.05. The molecule has 0 fully saturated rings. The zero-order valence-corrected chi connectivity index (χ0v) is 11.9. The quantitative estimate of drug-likeness (QED) is 0.902. The fraction of sp³-hybridized carbons (Fsp3) is 0.500. The van der Waals surface area contributed by atoms with Crippen LogP contribution in [-0.4, -0.2) is 21.3 Å². The molecule has 102 valence electrons. The smallest absolute Gasteiger partial charge is 0.125 e. The van der Waals surface area contributed by atoms with Crippen molar-refractivity contribution >= 4 is 11.3 Å². The van der Waals surface area contributed by atoms with Crippen LogP contribution in [-0.2, 0) is 6.54 Å². The second kappa shape index (κ2) is 5.45. The number of aryl methyl sites for hydroxylation is 2. The van der Waals surface area contributed by atoms with E-state index in [9.17, 15) is 5.11 Å². The minimum Gasteiger partial charge on any atom is -0.394 e. The molecule has 1 aliphatic heterocycles. The summed E-state index contributed by atoms with van der Waals surface area (Å²) in [7, 11) is 0. The summed E-state index contributed by atoms with van der Waals surface area (Å²) in [4.78, 5) is 5.68. The second-order valence-corrected chi connectivity index (χ2v) is 5.99. The van der Waals surface area contributed by atoms with Crippen molar-refractivity contribution < 1.29 is 5.11 Å². The first-order chi connectivity index (χ1) is 9.29. The zero-order chi connectivity index (χ0) is 13.2. The minimum absolute atomic E-state index is 0.00764. The number of hydrogen-bond acceptors (Lipinski definition) is 4. The van der Waals surface area contributed by atoms with Crippen molar-refractivity contribution in [2.45, 2.75) is 38.4 Å². The summed E-state index contributed by atoms with van der Waals surface area (Å²) in [5.41, 5.74) is 1.25. The van der Waals surface area contributed by atoms with Gasteiger partial charge in [0.15, 0.2) is 0 Å². The zero-order valence-electron chi connectivity index (χ0n) is 11.0. The molecule has 0 aromatic carbocycles. The Morgan fingerprint density at radius 2 is 2.53 bits per heavy atom. The molecule has 0 spiro atoms. The van der Waals surface area contributed by atoms with Crippen LogP contribution in [0.25, 0.3) is 0 Å². The van der Waals surface area contributed by atoms with Crippen LogP contribution in [0.1, 0.15) is 41.2 Å². The van der Waals surface area contributed by atoms with E-state index in [-0.39, 0.29) is 18.7 Å². The maximum absolute atomic E-state index is 9.67. The van der Waals surface area contributed by atoms with Gasteiger partial charge in [0, 0.05) is 23.8 Å². The van der Waals surface area contributed by atoms with Gasteiger partial charge in [-0.15, -0.1) is 11.3 Å². The highest BCUT2D eigenvalue weighted by Crippen LogP contribution is 2.29. The maximum Gasteiger partial charge on any atom is 0.125 e. The third kappa shape index (κ3) is 2.45. The highest BCUT2D eigenvalue weighted by Gasteiger charge is 2.25. The van der Waals surface area contributed by atoms with Crippen molar-refractivity contribution in [2.75, 3.05) is 6.61 Å². The predicted molar refractivity (Wildman–Crippen MR) is 76.2 cm³/mol. The molecule has 2 N–H and O–H groups in total. The fourth-order valence-corrected chi connectivity index (χ4v) is 3.75. The van der Waals surface area contributed by atoms with E-state index in [1.807, 2.05) is 12.4 Å². The number of nitrogens with zero attached hydrogens (tertiary/aromatic N) is 2. The summed E-state index contributed by atoms with van der Waals surface area (Å²) in [5.74, 6) is 1.10. The second-order valence-electron chi connectivity index (χ2n) is 5.04. The van der Waals surface area contributed by atoms with Crippen LogP contribution in [0.3, 0.4) is 0 Å². The molecule has 19 heavy (non-hydrogen) atoms. The summed E-state index contributed by atoms with van der Waals surface area (Å²) in [6, 6.07) is 2.35. The van der Waals surface area contributed by atoms with Gasteiger partial charge in [-0.25, -0.2) is 4.98 Å². The Morgan fingerprint density at radius 1 is 1.63 bits per heavy atom. The fourth-order valence-electron chi connectivity index (χ4n) is 2.77. The molecule has 0 bridgehead atoms. The molecule has 2 aromatic heterocycles. The highest BCUT2D eigenvalue weighted by atomic mass is 32.1. The molecule has 0 saturated heterocycles. The highest BCUT2D eigenvalue weighted by molar-refractivity contribution is 7.10. The first-order valence-electron chi connectivity index (χ1n) is 6.71. The normalized spacial score (nSPS) is 20.2. The molecular formula is C14H19N3OS. The molecule has 5 heteroatoms. The van der Waals surface area contributed by atoms with E-state index in [0.29, 0.717) is 0 Å². The van der Waals surface area contributed by atoms with Crippen LogP contribution in [0.5, 0.6) is 0 Å². The van der Waals surface area contributed by atoms with Crippen LogP contribution in [0.15, 0.2) is 23.8 Å². The van der Waals surface area contributed by atoms with Crippen molar-refractivity contribution in [3.63, 3.8) is 0 Å². The summed E-state index contributed by atoms with van der Waals surface area (Å²) in [6.45, 7) is 3.27. The Bertz CT molecular complexity index is 548. The SMILES string of the molecule is Cc1ccsc1C(CO)NC1CCCn2ccnc21. The van der Waals surface area contributed by atoms with Crippen molar-refractivity contribution in [1.29, 1.82) is 0 Å². The molecule has 1 aliphatic rings. The van der Waals surface area contributed by atoms with Gasteiger partial charge in [0.1, 0.15) is 5.82 Å². The summed E-state index contributed by atoms with van der Waals surface area (Å²) in [6.07, 6.45) is 6.13. The Balaban J connectivity index is 1.80. The molecule has 2 unspecified atom stereocenters. The molecule has 0 saturated carbocycles. The molecule has 3 heterocycles. The van der Waals surface area contributed by atoms with Gasteiger partial charge in [-0.05, 0) is 36.8 Å². The minimum atomic E-state index is 0.00764. The van der Waals surface area contributed by atoms with Crippen molar-refractivity contribution in [3.05, 3.63) is 40.1 Å². The Kier molecular flexibility index (Phi) is 3.68. The van der Waals surface area contributed by atoms with E-state index in [1.165, 1.54) is 10.4 Å². The molecule has 3 rings (SSSR count). The van der Waals surface area contributed by atoms with Gasteiger partial charge in [0.2, 0.25) is 0 Å². The molecule has 2 aromatic rings. The molecule has 0 amide bonds. The summed E-state index contributed by atoms with van der Waals surface area (Å²) >= 11 is 1.70. The maximum atomic E-state index is 9.67. The first kappa shape index (κ1) is 12.8. The number of imidazole rings is 1. The van der Waals surface area contributed by atoms with Gasteiger partial charge in [-0.3, -0.25) is 5.32 Å². The Morgan fingerprint density at radius 3 is 3.26 bits per heavy atom. The number of aliphatic hydroxyl groups is 1. The van der Waals surface area contributed by atoms with Crippen LogP contribution in [0.2, 0.25) is 0 Å². The van der Waals surface area contributed by atoms with Crippen LogP contribution in [0, 0.1) is 6.92 Å². The van der Waals surface area contributed by atoms with Gasteiger partial charge >= 0.3 is 0 Å². The third-order valence-electron chi connectivity index (χ3n) is 3.75. The molecule has 2 atom stereocenters. The topological polar surface area (TPSA) is 50.1 Å². The van der Waals surface area contributed by atoms with Crippen molar-refractivity contribution in [1.82, 2.24) is 14.9 Å². The number of aliphatic hydroxyl groups excluding tert-OH is 1. The van der Waals surface area contributed by atoms with Gasteiger partial charge in [0.25, 0.3) is 0 Å². The number of fused-ring (bicyclic) bond motifs is 1. The summed E-state index contributed by atoms with van der Waals surface area (Å²) < 4.78 is 2.21. The average molecular weight is 277 g/mol. The predicted octanol–water partition coefficient (Wildman–Crippen LogP) is 2.41. The van der Waals surface area contributed by atoms with Crippen molar-refractivity contribution in [3.8, 4) is 0 Å². The lowest BCUT2D eigenvalue weighted by atomic mass is 10.0. The van der Waals surface area contributed by atoms with Gasteiger partial charge < -0.3 is 9.67 Å². The lowest BCUT2D eigenvalue weighted by Crippen LogP contribution is -2.32.